The van der Waals surface area contributed by atoms with Crippen LogP contribution in [0.25, 0.3) is 0 Å². The third-order valence-corrected chi connectivity index (χ3v) is 1.97. The lowest BCUT2D eigenvalue weighted by Gasteiger charge is -2.18. The van der Waals surface area contributed by atoms with Crippen LogP contribution in [-0.2, 0) is 14.2 Å². The summed E-state index contributed by atoms with van der Waals surface area (Å²) >= 11 is 0. The third kappa shape index (κ3) is 8.80. The Morgan fingerprint density at radius 3 is 1.85 bits per heavy atom. The van der Waals surface area contributed by atoms with Crippen molar-refractivity contribution in [1.82, 2.24) is 16.0 Å². The normalized spacial score (nSPS) is 9.60. The first kappa shape index (κ1) is 17.8. The standard InChI is InChI=1S/C10H19N3O7/c1-18-8(15)12-5-7(6-13-9(16)19-2)20-10(17)11-3-4-14/h7,14H,3-6H2,1-2H3,(H,11,17)(H,12,15)(H,13,16). The van der Waals surface area contributed by atoms with Gasteiger partial charge in [-0.05, 0) is 0 Å². The Morgan fingerprint density at radius 2 is 1.45 bits per heavy atom. The van der Waals surface area contributed by atoms with Crippen LogP contribution in [-0.4, -0.2) is 70.0 Å². The van der Waals surface area contributed by atoms with Gasteiger partial charge in [-0.3, -0.25) is 0 Å². The lowest BCUT2D eigenvalue weighted by atomic mass is 10.3. The fraction of sp³-hybridized carbons (Fsp3) is 0.700. The van der Waals surface area contributed by atoms with Crippen molar-refractivity contribution in [3.8, 4) is 0 Å². The number of amides is 3. The molecule has 0 aliphatic rings. The van der Waals surface area contributed by atoms with Crippen LogP contribution in [0.4, 0.5) is 14.4 Å². The van der Waals surface area contributed by atoms with Crippen molar-refractivity contribution < 1.29 is 33.7 Å². The summed E-state index contributed by atoms with van der Waals surface area (Å²) in [7, 11) is 2.37. The number of hydrogen-bond donors (Lipinski definition) is 4. The van der Waals surface area contributed by atoms with E-state index in [0.29, 0.717) is 0 Å². The minimum atomic E-state index is -0.827. The van der Waals surface area contributed by atoms with Gasteiger partial charge < -0.3 is 35.3 Å². The first-order valence-electron chi connectivity index (χ1n) is 5.72. The average molecular weight is 293 g/mol. The second-order valence-corrected chi connectivity index (χ2v) is 3.42. The van der Waals surface area contributed by atoms with Crippen LogP contribution < -0.4 is 16.0 Å². The lowest BCUT2D eigenvalue weighted by Crippen LogP contribution is -2.44. The Labute approximate surface area is 115 Å². The van der Waals surface area contributed by atoms with Gasteiger partial charge in [0.2, 0.25) is 0 Å². The summed E-state index contributed by atoms with van der Waals surface area (Å²) in [5.74, 6) is 0. The van der Waals surface area contributed by atoms with Crippen molar-refractivity contribution in [3.05, 3.63) is 0 Å². The Hall–Kier alpha value is -2.23. The van der Waals surface area contributed by atoms with Crippen LogP contribution in [0.15, 0.2) is 0 Å². The Bertz CT molecular complexity index is 304. The lowest BCUT2D eigenvalue weighted by molar-refractivity contribution is 0.0899. The largest absolute Gasteiger partial charge is 0.453 e. The third-order valence-electron chi connectivity index (χ3n) is 1.97. The van der Waals surface area contributed by atoms with Gasteiger partial charge in [-0.25, -0.2) is 14.4 Å². The minimum Gasteiger partial charge on any atom is -0.453 e. The highest BCUT2D eigenvalue weighted by Gasteiger charge is 2.17. The molecular weight excluding hydrogens is 274 g/mol. The minimum absolute atomic E-state index is 0.0282. The molecule has 116 valence electrons. The zero-order valence-electron chi connectivity index (χ0n) is 11.3. The molecule has 0 aromatic carbocycles. The van der Waals surface area contributed by atoms with Crippen LogP contribution in [0.3, 0.4) is 0 Å². The number of carbonyl (C=O) groups excluding carboxylic acids is 3. The molecular formula is C10H19N3O7. The maximum atomic E-state index is 11.3. The molecule has 0 heterocycles. The van der Waals surface area contributed by atoms with Crippen LogP contribution in [0.1, 0.15) is 0 Å². The molecule has 0 saturated heterocycles. The van der Waals surface area contributed by atoms with Crippen LogP contribution in [0, 0.1) is 0 Å². The zero-order chi connectivity index (χ0) is 15.4. The molecule has 0 fully saturated rings. The number of alkyl carbamates (subject to hydrolysis) is 3. The highest BCUT2D eigenvalue weighted by atomic mass is 16.6. The van der Waals surface area contributed by atoms with Gasteiger partial charge >= 0.3 is 18.3 Å². The molecule has 0 unspecified atom stereocenters. The molecule has 0 bridgehead atoms. The molecule has 3 amide bonds. The molecule has 0 radical (unpaired) electrons. The van der Waals surface area contributed by atoms with Crippen LogP contribution in [0.2, 0.25) is 0 Å². The Kier molecular flexibility index (Phi) is 9.48. The number of hydrogen-bond acceptors (Lipinski definition) is 7. The van der Waals surface area contributed by atoms with Gasteiger partial charge in [0.05, 0.1) is 33.9 Å². The monoisotopic (exact) mass is 293 g/mol. The summed E-state index contributed by atoms with van der Waals surface area (Å²) in [6, 6.07) is 0. The molecule has 0 atom stereocenters. The van der Waals surface area contributed by atoms with E-state index < -0.39 is 24.4 Å². The van der Waals surface area contributed by atoms with Crippen molar-refractivity contribution >= 4 is 18.3 Å². The fourth-order valence-corrected chi connectivity index (χ4v) is 1.05. The summed E-state index contributed by atoms with van der Waals surface area (Å²) < 4.78 is 13.7. The quantitative estimate of drug-likeness (QED) is 0.432. The maximum Gasteiger partial charge on any atom is 0.407 e. The van der Waals surface area contributed by atoms with E-state index in [1.807, 2.05) is 0 Å². The number of rotatable bonds is 7. The predicted octanol–water partition coefficient (Wildman–Crippen LogP) is -1.21. The second-order valence-electron chi connectivity index (χ2n) is 3.42. The van der Waals surface area contributed by atoms with Gasteiger partial charge in [-0.2, -0.15) is 0 Å². The van der Waals surface area contributed by atoms with Gasteiger partial charge in [0.1, 0.15) is 6.10 Å². The van der Waals surface area contributed by atoms with Crippen molar-refractivity contribution in [2.75, 3.05) is 40.5 Å². The number of ether oxygens (including phenoxy) is 3. The molecule has 0 rings (SSSR count). The van der Waals surface area contributed by atoms with Crippen molar-refractivity contribution in [1.29, 1.82) is 0 Å². The molecule has 0 saturated carbocycles. The van der Waals surface area contributed by atoms with Crippen molar-refractivity contribution in [3.63, 3.8) is 0 Å². The maximum absolute atomic E-state index is 11.3. The van der Waals surface area contributed by atoms with Gasteiger partial charge in [0, 0.05) is 6.54 Å². The highest BCUT2D eigenvalue weighted by Crippen LogP contribution is 1.92. The van der Waals surface area contributed by atoms with Crippen LogP contribution >= 0.6 is 0 Å². The number of methoxy groups -OCH3 is 2. The Balaban J connectivity index is 4.26. The number of carbonyl (C=O) groups is 3. The molecule has 0 aliphatic heterocycles. The van der Waals surface area contributed by atoms with Gasteiger partial charge in [0.15, 0.2) is 0 Å². The van der Waals surface area contributed by atoms with E-state index in [1.165, 1.54) is 14.2 Å². The summed E-state index contributed by atoms with van der Waals surface area (Å²) in [6.07, 6.45) is -3.02. The molecule has 0 aromatic heterocycles. The second kappa shape index (κ2) is 10.7. The molecule has 0 aromatic rings. The SMILES string of the molecule is COC(=O)NCC(CNC(=O)OC)OC(=O)NCCO. The fourth-order valence-electron chi connectivity index (χ4n) is 1.05. The van der Waals surface area contributed by atoms with Crippen molar-refractivity contribution in [2.45, 2.75) is 6.10 Å². The molecule has 4 N–H and O–H groups in total. The molecule has 10 heteroatoms. The number of nitrogens with one attached hydrogen (secondary N) is 3. The first-order chi connectivity index (χ1) is 9.53. The predicted molar refractivity (Wildman–Crippen MR) is 66.2 cm³/mol. The summed E-state index contributed by atoms with van der Waals surface area (Å²) in [6.45, 7) is -0.340. The number of aliphatic hydroxyl groups is 1. The molecule has 10 nitrogen and oxygen atoms in total. The van der Waals surface area contributed by atoms with E-state index in [9.17, 15) is 14.4 Å². The van der Waals surface area contributed by atoms with E-state index in [-0.39, 0.29) is 26.2 Å². The van der Waals surface area contributed by atoms with E-state index >= 15 is 0 Å². The summed E-state index contributed by atoms with van der Waals surface area (Å²) in [4.78, 5) is 33.2. The summed E-state index contributed by atoms with van der Waals surface area (Å²) in [5.41, 5.74) is 0. The van der Waals surface area contributed by atoms with Gasteiger partial charge in [-0.15, -0.1) is 0 Å². The van der Waals surface area contributed by atoms with Crippen LogP contribution in [0.5, 0.6) is 0 Å². The van der Waals surface area contributed by atoms with E-state index in [4.69, 9.17) is 9.84 Å². The smallest absolute Gasteiger partial charge is 0.407 e. The highest BCUT2D eigenvalue weighted by molar-refractivity contribution is 5.69. The van der Waals surface area contributed by atoms with Crippen molar-refractivity contribution in [2.24, 2.45) is 0 Å². The topological polar surface area (TPSA) is 135 Å². The first-order valence-corrected chi connectivity index (χ1v) is 5.72. The molecule has 20 heavy (non-hydrogen) atoms. The number of aliphatic hydroxyl groups excluding tert-OH is 1. The van der Waals surface area contributed by atoms with Gasteiger partial charge in [-0.1, -0.05) is 0 Å². The van der Waals surface area contributed by atoms with E-state index in [2.05, 4.69) is 25.4 Å². The summed E-state index contributed by atoms with van der Waals surface area (Å²) in [5, 5.41) is 15.5. The molecule has 0 aliphatic carbocycles. The molecule has 0 spiro atoms. The van der Waals surface area contributed by atoms with E-state index in [1.54, 1.807) is 0 Å². The van der Waals surface area contributed by atoms with E-state index in [0.717, 1.165) is 0 Å². The zero-order valence-corrected chi connectivity index (χ0v) is 11.3. The van der Waals surface area contributed by atoms with Gasteiger partial charge in [0.25, 0.3) is 0 Å². The Morgan fingerprint density at radius 1 is 0.950 bits per heavy atom. The average Bonchev–Trinajstić information content (AvgIpc) is 2.46.